The third-order valence-electron chi connectivity index (χ3n) is 7.72. The van der Waals surface area contributed by atoms with Gasteiger partial charge in [0, 0.05) is 16.7 Å². The van der Waals surface area contributed by atoms with Crippen LogP contribution in [0.25, 0.3) is 21.5 Å². The van der Waals surface area contributed by atoms with Crippen molar-refractivity contribution < 1.29 is 19.5 Å². The fourth-order valence-corrected chi connectivity index (χ4v) is 8.08. The van der Waals surface area contributed by atoms with E-state index in [0.717, 1.165) is 27.1 Å². The number of hydrogen-bond donors (Lipinski definition) is 1. The highest BCUT2D eigenvalue weighted by Crippen LogP contribution is 2.43. The standard InChI is InChI=1S/C32H21ClO4S/c33-32-21(15-26-28(34)22-11-17-5-1-2-6-18(17)12-23(22)29(26)35)9-10-38(32)16-27-30(36)24-13-19-7-3-4-8-20(19)14-25(24)31(27)37/h1-8,11-16,26,28,34H,9-10H2/b21-15+/t26-,28?,38?/m1/s1. The molecular formula is C32H21ClO4S. The predicted molar refractivity (Wildman–Crippen MR) is 153 cm³/mol. The van der Waals surface area contributed by atoms with Gasteiger partial charge in [0.1, 0.15) is 0 Å². The Morgan fingerprint density at radius 2 is 1.32 bits per heavy atom. The lowest BCUT2D eigenvalue weighted by molar-refractivity contribution is 0.0832. The van der Waals surface area contributed by atoms with Crippen molar-refractivity contribution in [2.24, 2.45) is 5.92 Å². The average Bonchev–Trinajstić information content (AvgIpc) is 3.48. The van der Waals surface area contributed by atoms with Crippen molar-refractivity contribution in [3.63, 3.8) is 0 Å². The number of halogens is 1. The van der Waals surface area contributed by atoms with E-state index in [1.807, 2.05) is 60.7 Å². The Bertz CT molecular complexity index is 1810. The second kappa shape index (κ2) is 8.70. The van der Waals surface area contributed by atoms with Gasteiger partial charge in [0.05, 0.1) is 21.9 Å². The second-order valence-electron chi connectivity index (χ2n) is 9.90. The molecule has 186 valence electrons. The Labute approximate surface area is 226 Å². The number of fused-ring (bicyclic) bond motifs is 4. The Hall–Kier alpha value is -3.64. The largest absolute Gasteiger partial charge is 0.387 e. The number of carbonyl (C=O) groups excluding carboxylic acids is 3. The van der Waals surface area contributed by atoms with Gasteiger partial charge in [-0.3, -0.25) is 14.4 Å². The minimum absolute atomic E-state index is 0.121. The van der Waals surface area contributed by atoms with Crippen LogP contribution in [0.4, 0.5) is 0 Å². The van der Waals surface area contributed by atoms with Gasteiger partial charge in [-0.05, 0) is 74.5 Å². The van der Waals surface area contributed by atoms with Crippen LogP contribution in [-0.4, -0.2) is 32.5 Å². The number of hydrogen-bond acceptors (Lipinski definition) is 4. The van der Waals surface area contributed by atoms with Gasteiger partial charge >= 0.3 is 0 Å². The number of aliphatic hydroxyl groups excluding tert-OH is 1. The molecule has 3 atom stereocenters. The van der Waals surface area contributed by atoms with Crippen LogP contribution >= 0.6 is 22.1 Å². The lowest BCUT2D eigenvalue weighted by atomic mass is 9.98. The van der Waals surface area contributed by atoms with Crippen LogP contribution in [0, 0.1) is 5.92 Å². The number of Topliss-reactive ketones (excluding diaryl/α,β-unsaturated/α-hetero) is 3. The van der Waals surface area contributed by atoms with Crippen LogP contribution in [0.2, 0.25) is 0 Å². The molecule has 3 aliphatic rings. The molecule has 6 heteroatoms. The van der Waals surface area contributed by atoms with Gasteiger partial charge in [0.15, 0.2) is 17.3 Å². The maximum absolute atomic E-state index is 13.3. The summed E-state index contributed by atoms with van der Waals surface area (Å²) in [7, 11) is -0.627. The molecule has 4 aromatic rings. The quantitative estimate of drug-likeness (QED) is 0.133. The van der Waals surface area contributed by atoms with Crippen molar-refractivity contribution in [1.29, 1.82) is 0 Å². The highest BCUT2D eigenvalue weighted by atomic mass is 35.5. The first kappa shape index (κ1) is 23.5. The van der Waals surface area contributed by atoms with Gasteiger partial charge in [-0.1, -0.05) is 66.2 Å². The number of carbonyl (C=O) groups is 3. The first-order valence-corrected chi connectivity index (χ1v) is 14.3. The number of rotatable bonds is 2. The van der Waals surface area contributed by atoms with Crippen molar-refractivity contribution in [3.05, 3.63) is 118 Å². The summed E-state index contributed by atoms with van der Waals surface area (Å²) in [6.07, 6.45) is 1.45. The Kier molecular flexibility index (Phi) is 5.38. The zero-order valence-corrected chi connectivity index (χ0v) is 21.7. The van der Waals surface area contributed by atoms with Gasteiger partial charge in [0.25, 0.3) is 0 Å². The third kappa shape index (κ3) is 3.50. The Morgan fingerprint density at radius 3 is 1.89 bits per heavy atom. The zero-order valence-electron chi connectivity index (χ0n) is 20.1. The molecule has 2 aliphatic carbocycles. The number of aliphatic hydroxyl groups is 1. The molecule has 38 heavy (non-hydrogen) atoms. The molecule has 0 amide bonds. The van der Waals surface area contributed by atoms with Crippen LogP contribution in [0.3, 0.4) is 0 Å². The van der Waals surface area contributed by atoms with Crippen LogP contribution in [0.1, 0.15) is 49.2 Å². The Balaban J connectivity index is 1.22. The molecule has 4 nitrogen and oxygen atoms in total. The van der Waals surface area contributed by atoms with Gasteiger partial charge in [-0.25, -0.2) is 0 Å². The molecule has 4 aromatic carbocycles. The van der Waals surface area contributed by atoms with Crippen molar-refractivity contribution in [1.82, 2.24) is 0 Å². The first-order valence-electron chi connectivity index (χ1n) is 12.4. The van der Waals surface area contributed by atoms with Crippen molar-refractivity contribution >= 4 is 65.3 Å². The van der Waals surface area contributed by atoms with E-state index < -0.39 is 22.5 Å². The SMILES string of the molecule is O=C1C(=CS2=C(Cl)/C(=C/[C@H]3C(=O)c4cc5ccccc5cc4C3O)CC2)C(=O)c2cc3ccccc3cc21. The summed E-state index contributed by atoms with van der Waals surface area (Å²) in [5.74, 6) is -0.721. The average molecular weight is 537 g/mol. The summed E-state index contributed by atoms with van der Waals surface area (Å²) < 4.78 is 0.542. The summed E-state index contributed by atoms with van der Waals surface area (Å²) in [6, 6.07) is 22.7. The summed E-state index contributed by atoms with van der Waals surface area (Å²) >= 11 is 6.79. The highest BCUT2D eigenvalue weighted by molar-refractivity contribution is 8.20. The van der Waals surface area contributed by atoms with E-state index in [-0.39, 0.29) is 22.9 Å². The van der Waals surface area contributed by atoms with E-state index in [0.29, 0.717) is 38.8 Å². The summed E-state index contributed by atoms with van der Waals surface area (Å²) in [4.78, 5) is 39.6. The smallest absolute Gasteiger partial charge is 0.198 e. The van der Waals surface area contributed by atoms with Crippen molar-refractivity contribution in [3.8, 4) is 0 Å². The molecule has 0 bridgehead atoms. The third-order valence-corrected chi connectivity index (χ3v) is 10.4. The first-order chi connectivity index (χ1) is 18.4. The van der Waals surface area contributed by atoms with E-state index in [1.165, 1.54) is 0 Å². The molecule has 0 saturated carbocycles. The predicted octanol–water partition coefficient (Wildman–Crippen LogP) is 6.77. The minimum Gasteiger partial charge on any atom is -0.387 e. The summed E-state index contributed by atoms with van der Waals surface area (Å²) in [5.41, 5.74) is 2.99. The monoisotopic (exact) mass is 536 g/mol. The fourth-order valence-electron chi connectivity index (χ4n) is 5.71. The van der Waals surface area contributed by atoms with E-state index in [1.54, 1.807) is 23.6 Å². The number of allylic oxidation sites excluding steroid dienone is 2. The molecule has 7 rings (SSSR count). The number of ketones is 3. The lowest BCUT2D eigenvalue weighted by Gasteiger charge is -2.11. The maximum atomic E-state index is 13.3. The maximum Gasteiger partial charge on any atom is 0.198 e. The van der Waals surface area contributed by atoms with Crippen LogP contribution in [-0.2, 0) is 0 Å². The zero-order chi connectivity index (χ0) is 26.1. The van der Waals surface area contributed by atoms with Gasteiger partial charge in [-0.2, -0.15) is 0 Å². The molecular weight excluding hydrogens is 516 g/mol. The Morgan fingerprint density at radius 1 is 0.789 bits per heavy atom. The summed E-state index contributed by atoms with van der Waals surface area (Å²) in [5, 5.41) is 16.5. The lowest BCUT2D eigenvalue weighted by Crippen LogP contribution is -2.12. The van der Waals surface area contributed by atoms with Gasteiger partial charge in [0.2, 0.25) is 0 Å². The van der Waals surface area contributed by atoms with Crippen molar-refractivity contribution in [2.75, 3.05) is 5.75 Å². The van der Waals surface area contributed by atoms with Crippen molar-refractivity contribution in [2.45, 2.75) is 12.5 Å². The number of benzene rings is 4. The van der Waals surface area contributed by atoms with E-state index in [9.17, 15) is 19.5 Å². The van der Waals surface area contributed by atoms with E-state index in [4.69, 9.17) is 11.6 Å². The normalized spacial score (nSPS) is 23.7. The molecule has 0 fully saturated rings. The molecule has 2 unspecified atom stereocenters. The van der Waals surface area contributed by atoms with Crippen LogP contribution < -0.4 is 0 Å². The van der Waals surface area contributed by atoms with Crippen LogP contribution in [0.5, 0.6) is 0 Å². The van der Waals surface area contributed by atoms with E-state index >= 15 is 0 Å². The summed E-state index contributed by atoms with van der Waals surface area (Å²) in [6.45, 7) is 0. The molecule has 1 heterocycles. The van der Waals surface area contributed by atoms with Gasteiger partial charge < -0.3 is 5.11 Å². The fraction of sp³-hybridized carbons (Fsp3) is 0.125. The minimum atomic E-state index is -0.943. The van der Waals surface area contributed by atoms with E-state index in [2.05, 4.69) is 0 Å². The molecule has 1 aliphatic heterocycles. The molecule has 0 aromatic heterocycles. The molecule has 0 spiro atoms. The van der Waals surface area contributed by atoms with Gasteiger partial charge in [-0.15, -0.1) is 10.5 Å². The topological polar surface area (TPSA) is 71.4 Å². The molecule has 1 N–H and O–H groups in total. The highest BCUT2D eigenvalue weighted by Gasteiger charge is 2.39. The van der Waals surface area contributed by atoms with Crippen LogP contribution in [0.15, 0.2) is 95.4 Å². The molecule has 0 saturated heterocycles. The molecule has 0 radical (unpaired) electrons. The second-order valence-corrected chi connectivity index (χ2v) is 12.4.